The Bertz CT molecular complexity index is 1270. The van der Waals surface area contributed by atoms with Crippen molar-refractivity contribution in [1.82, 2.24) is 4.98 Å². The minimum atomic E-state index is -4.92. The summed E-state index contributed by atoms with van der Waals surface area (Å²) in [6, 6.07) is 4.01. The van der Waals surface area contributed by atoms with Crippen molar-refractivity contribution in [1.29, 1.82) is 0 Å². The van der Waals surface area contributed by atoms with E-state index in [2.05, 4.69) is 10.3 Å². The zero-order valence-corrected chi connectivity index (χ0v) is 20.8. The van der Waals surface area contributed by atoms with Crippen molar-refractivity contribution in [3.63, 3.8) is 0 Å². The Kier molecular flexibility index (Phi) is 7.39. The molecule has 13 heteroatoms. The van der Waals surface area contributed by atoms with Gasteiger partial charge in [-0.1, -0.05) is 13.0 Å². The molecule has 1 aromatic heterocycles. The zero-order valence-electron chi connectivity index (χ0n) is 20.0. The van der Waals surface area contributed by atoms with E-state index in [0.29, 0.717) is 0 Å². The lowest BCUT2D eigenvalue weighted by molar-refractivity contribution is -0.272. The third kappa shape index (κ3) is 5.17. The van der Waals surface area contributed by atoms with Gasteiger partial charge >= 0.3 is 6.18 Å². The maximum atomic E-state index is 14.7. The van der Waals surface area contributed by atoms with E-state index in [1.54, 1.807) is 0 Å². The van der Waals surface area contributed by atoms with E-state index in [9.17, 15) is 35.2 Å². The first-order chi connectivity index (χ1) is 16.5. The number of anilines is 1. The minimum absolute atomic E-state index is 0.180. The molecule has 1 aromatic carbocycles. The average Bonchev–Trinajstić information content (AvgIpc) is 3.03. The number of benzene rings is 1. The Hall–Kier alpha value is -2.80. The number of carbonyl (C=O) groups is 1. The number of pyridine rings is 1. The first-order valence-corrected chi connectivity index (χ1v) is 12.7. The molecule has 7 nitrogen and oxygen atoms in total. The van der Waals surface area contributed by atoms with E-state index in [1.165, 1.54) is 26.8 Å². The van der Waals surface area contributed by atoms with Crippen LogP contribution in [0.2, 0.25) is 0 Å². The third-order valence-corrected chi connectivity index (χ3v) is 7.24. The van der Waals surface area contributed by atoms with Crippen LogP contribution in [0.3, 0.4) is 0 Å². The fourth-order valence-electron chi connectivity index (χ4n) is 4.10. The van der Waals surface area contributed by atoms with Gasteiger partial charge in [-0.2, -0.15) is 17.6 Å². The number of carbonyl (C=O) groups excluding carboxylic acids is 1. The summed E-state index contributed by atoms with van der Waals surface area (Å²) in [5.41, 5.74) is -3.01. The molecule has 1 saturated heterocycles. The van der Waals surface area contributed by atoms with Gasteiger partial charge in [-0.15, -0.1) is 0 Å². The first-order valence-electron chi connectivity index (χ1n) is 10.8. The van der Waals surface area contributed by atoms with Gasteiger partial charge in [0, 0.05) is 29.9 Å². The van der Waals surface area contributed by atoms with E-state index in [0.717, 1.165) is 37.6 Å². The monoisotopic (exact) mass is 536 g/mol. The molecule has 0 radical (unpaired) electrons. The number of ether oxygens (including phenoxy) is 2. The highest BCUT2D eigenvalue weighted by Gasteiger charge is 2.66. The normalized spacial score (nSPS) is 24.7. The highest BCUT2D eigenvalue weighted by Crippen LogP contribution is 2.55. The Morgan fingerprint density at radius 1 is 1.22 bits per heavy atom. The number of hydrogen-bond acceptors (Lipinski definition) is 6. The lowest BCUT2D eigenvalue weighted by atomic mass is 9.77. The summed E-state index contributed by atoms with van der Waals surface area (Å²) in [7, 11) is -3.67. The molecule has 2 heterocycles. The molecule has 1 fully saturated rings. The predicted octanol–water partition coefficient (Wildman–Crippen LogP) is 4.63. The molecule has 0 aliphatic carbocycles. The van der Waals surface area contributed by atoms with Crippen LogP contribution in [0.5, 0.6) is 5.75 Å². The summed E-state index contributed by atoms with van der Waals surface area (Å²) < 4.78 is 105. The standard InChI is InChI=1S/C23H25F5N2O5S/c1-11(2)34-19-14(6-7-15(24)18(19)25)17-12(3)22(4,23(26,27)28)35-20(17)21(31)30-16-10-13(8-9-29-16)36(5,32)33/h6-12,17,20H,1-5H3,(H,29,30,31)/t12-,17-,20+,22+/m1/s1. The lowest BCUT2D eigenvalue weighted by Gasteiger charge is -2.32. The van der Waals surface area contributed by atoms with E-state index in [1.807, 2.05) is 0 Å². The number of sulfone groups is 1. The zero-order chi connectivity index (χ0) is 27.2. The molecule has 3 rings (SSSR count). The Morgan fingerprint density at radius 3 is 2.42 bits per heavy atom. The molecule has 2 aromatic rings. The number of alkyl halides is 3. The van der Waals surface area contributed by atoms with Crippen LogP contribution < -0.4 is 10.1 Å². The van der Waals surface area contributed by atoms with Crippen molar-refractivity contribution in [2.75, 3.05) is 11.6 Å². The van der Waals surface area contributed by atoms with Crippen LogP contribution in [-0.2, 0) is 19.4 Å². The van der Waals surface area contributed by atoms with Gasteiger partial charge in [-0.05, 0) is 39.0 Å². The smallest absolute Gasteiger partial charge is 0.417 e. The molecule has 1 aliphatic heterocycles. The number of halogens is 5. The molecule has 1 amide bonds. The quantitative estimate of drug-likeness (QED) is 0.541. The molecule has 0 bridgehead atoms. The first kappa shape index (κ1) is 27.8. The Morgan fingerprint density at radius 2 is 1.86 bits per heavy atom. The van der Waals surface area contributed by atoms with Crippen LogP contribution in [0.25, 0.3) is 0 Å². The van der Waals surface area contributed by atoms with Gasteiger partial charge in [0.25, 0.3) is 5.91 Å². The number of nitrogens with one attached hydrogen (secondary N) is 1. The van der Waals surface area contributed by atoms with Crippen LogP contribution in [0.4, 0.5) is 27.8 Å². The molecule has 0 spiro atoms. The van der Waals surface area contributed by atoms with Crippen LogP contribution in [0.15, 0.2) is 35.4 Å². The second-order valence-corrected chi connectivity index (χ2v) is 11.1. The molecule has 4 atom stereocenters. The number of hydrogen-bond donors (Lipinski definition) is 1. The van der Waals surface area contributed by atoms with Crippen molar-refractivity contribution in [3.05, 3.63) is 47.7 Å². The molecular formula is C23H25F5N2O5S. The van der Waals surface area contributed by atoms with Gasteiger partial charge in [0.15, 0.2) is 27.0 Å². The van der Waals surface area contributed by atoms with Crippen LogP contribution in [-0.4, -0.2) is 49.6 Å². The number of rotatable bonds is 6. The summed E-state index contributed by atoms with van der Waals surface area (Å²) >= 11 is 0. The molecule has 36 heavy (non-hydrogen) atoms. The van der Waals surface area contributed by atoms with E-state index in [4.69, 9.17) is 9.47 Å². The maximum absolute atomic E-state index is 14.7. The van der Waals surface area contributed by atoms with Gasteiger partial charge in [0.05, 0.1) is 11.0 Å². The topological polar surface area (TPSA) is 94.6 Å². The second-order valence-electron chi connectivity index (χ2n) is 9.04. The van der Waals surface area contributed by atoms with Crippen LogP contribution in [0, 0.1) is 17.6 Å². The van der Waals surface area contributed by atoms with E-state index in [-0.39, 0.29) is 16.3 Å². The minimum Gasteiger partial charge on any atom is -0.488 e. The van der Waals surface area contributed by atoms with Gasteiger partial charge in [-0.25, -0.2) is 17.8 Å². The van der Waals surface area contributed by atoms with Crippen LogP contribution in [0.1, 0.15) is 39.2 Å². The molecule has 198 valence electrons. The maximum Gasteiger partial charge on any atom is 0.417 e. The molecule has 0 unspecified atom stereocenters. The van der Waals surface area contributed by atoms with Crippen molar-refractivity contribution >= 4 is 21.6 Å². The van der Waals surface area contributed by atoms with Crippen molar-refractivity contribution in [2.24, 2.45) is 5.92 Å². The average molecular weight is 537 g/mol. The number of nitrogens with zero attached hydrogens (tertiary/aromatic N) is 1. The van der Waals surface area contributed by atoms with Gasteiger partial charge in [-0.3, -0.25) is 4.79 Å². The molecule has 1 aliphatic rings. The summed E-state index contributed by atoms with van der Waals surface area (Å²) in [4.78, 5) is 16.9. The summed E-state index contributed by atoms with van der Waals surface area (Å²) in [6.07, 6.45) is -5.40. The Balaban J connectivity index is 2.11. The molecule has 0 saturated carbocycles. The van der Waals surface area contributed by atoms with Crippen molar-refractivity contribution in [2.45, 2.75) is 62.5 Å². The highest BCUT2D eigenvalue weighted by atomic mass is 32.2. The molecular weight excluding hydrogens is 511 g/mol. The third-order valence-electron chi connectivity index (χ3n) is 6.13. The van der Waals surface area contributed by atoms with Gasteiger partial charge in [0.2, 0.25) is 5.82 Å². The Labute approximate surface area is 204 Å². The lowest BCUT2D eigenvalue weighted by Crippen LogP contribution is -2.47. The second kappa shape index (κ2) is 9.58. The van der Waals surface area contributed by atoms with E-state index >= 15 is 0 Å². The highest BCUT2D eigenvalue weighted by molar-refractivity contribution is 7.90. The largest absolute Gasteiger partial charge is 0.488 e. The summed E-state index contributed by atoms with van der Waals surface area (Å²) in [6.45, 7) is 5.00. The van der Waals surface area contributed by atoms with Crippen molar-refractivity contribution < 1.29 is 44.6 Å². The van der Waals surface area contributed by atoms with E-state index < -0.39 is 68.9 Å². The number of aromatic nitrogens is 1. The predicted molar refractivity (Wildman–Crippen MR) is 119 cm³/mol. The molecule has 1 N–H and O–H groups in total. The fraction of sp³-hybridized carbons (Fsp3) is 0.478. The summed E-state index contributed by atoms with van der Waals surface area (Å²) in [5.74, 6) is -7.49. The van der Waals surface area contributed by atoms with Gasteiger partial charge < -0.3 is 14.8 Å². The SMILES string of the molecule is CC(C)Oc1c([C@@H]2[C@@H](C(=O)Nc3cc(S(C)(=O)=O)ccn3)O[C@](C)(C(F)(F)F)[C@@H]2C)ccc(F)c1F. The van der Waals surface area contributed by atoms with Gasteiger partial charge in [0.1, 0.15) is 11.9 Å². The number of amides is 1. The summed E-state index contributed by atoms with van der Waals surface area (Å²) in [5, 5.41) is 2.28. The van der Waals surface area contributed by atoms with Crippen LogP contribution >= 0.6 is 0 Å². The fourth-order valence-corrected chi connectivity index (χ4v) is 4.73. The van der Waals surface area contributed by atoms with Crippen molar-refractivity contribution in [3.8, 4) is 5.75 Å².